The van der Waals surface area contributed by atoms with Gasteiger partial charge in [0.15, 0.2) is 0 Å². The van der Waals surface area contributed by atoms with E-state index in [0.717, 1.165) is 20.9 Å². The molecule has 5 nitrogen and oxygen atoms in total. The summed E-state index contributed by atoms with van der Waals surface area (Å²) in [5.74, 6) is -0.604. The molecule has 0 aliphatic heterocycles. The van der Waals surface area contributed by atoms with Gasteiger partial charge in [0, 0.05) is 9.13 Å². The number of hydrogen-bond donors (Lipinski definition) is 1. The maximum Gasteiger partial charge on any atom is 0.314 e. The first-order valence-corrected chi connectivity index (χ1v) is 6.65. The van der Waals surface area contributed by atoms with Crippen LogP contribution in [0.1, 0.15) is 0 Å². The molecule has 1 N–H and O–H groups in total. The second-order valence-corrected chi connectivity index (χ2v) is 5.23. The SMILES string of the molecule is O=C(O)CSc1nnc(-c2ccc(I)cc2)o1. The number of aromatic nitrogens is 2. The first-order chi connectivity index (χ1) is 8.15. The molecule has 0 radical (unpaired) electrons. The number of carbonyl (C=O) groups is 1. The van der Waals surface area contributed by atoms with E-state index in [4.69, 9.17) is 9.52 Å². The van der Waals surface area contributed by atoms with Crippen molar-refractivity contribution in [1.29, 1.82) is 0 Å². The Morgan fingerprint density at radius 3 is 2.71 bits per heavy atom. The number of nitrogens with zero attached hydrogens (tertiary/aromatic N) is 2. The Labute approximate surface area is 115 Å². The van der Waals surface area contributed by atoms with Gasteiger partial charge >= 0.3 is 5.97 Å². The number of carboxylic acid groups (broad SMARTS) is 1. The molecular weight excluding hydrogens is 355 g/mol. The highest BCUT2D eigenvalue weighted by atomic mass is 127. The standard InChI is InChI=1S/C10H7IN2O3S/c11-7-3-1-6(2-4-7)9-12-13-10(16-9)17-5-8(14)15/h1-4H,5H2,(H,14,15). The highest BCUT2D eigenvalue weighted by Crippen LogP contribution is 2.23. The van der Waals surface area contributed by atoms with E-state index in [1.54, 1.807) is 0 Å². The van der Waals surface area contributed by atoms with Crippen LogP contribution < -0.4 is 0 Å². The van der Waals surface area contributed by atoms with E-state index in [2.05, 4.69) is 32.8 Å². The van der Waals surface area contributed by atoms with Crippen LogP contribution in [0.2, 0.25) is 0 Å². The molecule has 0 atom stereocenters. The Morgan fingerprint density at radius 1 is 1.35 bits per heavy atom. The van der Waals surface area contributed by atoms with Crippen molar-refractivity contribution in [3.05, 3.63) is 27.8 Å². The van der Waals surface area contributed by atoms with Crippen molar-refractivity contribution in [3.8, 4) is 11.5 Å². The van der Waals surface area contributed by atoms with Crippen LogP contribution in [-0.4, -0.2) is 27.0 Å². The summed E-state index contributed by atoms with van der Waals surface area (Å²) in [6.07, 6.45) is 0. The highest BCUT2D eigenvalue weighted by Gasteiger charge is 2.10. The average Bonchev–Trinajstić information content (AvgIpc) is 2.76. The van der Waals surface area contributed by atoms with Gasteiger partial charge in [-0.1, -0.05) is 11.8 Å². The van der Waals surface area contributed by atoms with Gasteiger partial charge in [-0.15, -0.1) is 10.2 Å². The molecule has 1 heterocycles. The molecule has 0 amide bonds. The molecule has 0 spiro atoms. The first kappa shape index (κ1) is 12.4. The second kappa shape index (κ2) is 5.50. The van der Waals surface area contributed by atoms with E-state index in [-0.39, 0.29) is 11.0 Å². The van der Waals surface area contributed by atoms with Gasteiger partial charge in [-0.05, 0) is 46.9 Å². The minimum atomic E-state index is -0.913. The zero-order valence-electron chi connectivity index (χ0n) is 8.46. The number of halogens is 1. The van der Waals surface area contributed by atoms with E-state index < -0.39 is 5.97 Å². The summed E-state index contributed by atoms with van der Waals surface area (Å²) in [6.45, 7) is 0. The largest absolute Gasteiger partial charge is 0.481 e. The summed E-state index contributed by atoms with van der Waals surface area (Å²) in [6, 6.07) is 7.62. The van der Waals surface area contributed by atoms with Crippen LogP contribution in [0.25, 0.3) is 11.5 Å². The highest BCUT2D eigenvalue weighted by molar-refractivity contribution is 14.1. The molecule has 0 fully saturated rings. The van der Waals surface area contributed by atoms with Gasteiger partial charge in [0.05, 0.1) is 0 Å². The molecule has 1 aromatic carbocycles. The van der Waals surface area contributed by atoms with Gasteiger partial charge in [-0.2, -0.15) is 0 Å². The van der Waals surface area contributed by atoms with Crippen molar-refractivity contribution in [2.45, 2.75) is 5.22 Å². The van der Waals surface area contributed by atoms with Gasteiger partial charge in [0.1, 0.15) is 5.75 Å². The third kappa shape index (κ3) is 3.43. The fourth-order valence-electron chi connectivity index (χ4n) is 1.10. The minimum absolute atomic E-state index is 0.0890. The zero-order valence-corrected chi connectivity index (χ0v) is 11.4. The maximum absolute atomic E-state index is 10.4. The van der Waals surface area contributed by atoms with Crippen molar-refractivity contribution in [2.24, 2.45) is 0 Å². The molecule has 88 valence electrons. The molecule has 0 saturated heterocycles. The summed E-state index contributed by atoms with van der Waals surface area (Å²) in [7, 11) is 0. The van der Waals surface area contributed by atoms with Crippen molar-refractivity contribution in [1.82, 2.24) is 10.2 Å². The van der Waals surface area contributed by atoms with E-state index in [1.807, 2.05) is 24.3 Å². The Balaban J connectivity index is 2.12. The summed E-state index contributed by atoms with van der Waals surface area (Å²) in [4.78, 5) is 10.4. The molecule has 0 aliphatic carbocycles. The van der Waals surface area contributed by atoms with Crippen LogP contribution in [0.15, 0.2) is 33.9 Å². The van der Waals surface area contributed by atoms with E-state index in [1.165, 1.54) is 0 Å². The van der Waals surface area contributed by atoms with Crippen LogP contribution in [0.5, 0.6) is 0 Å². The molecule has 0 saturated carbocycles. The van der Waals surface area contributed by atoms with Gasteiger partial charge < -0.3 is 9.52 Å². The van der Waals surface area contributed by atoms with E-state index in [0.29, 0.717) is 5.89 Å². The van der Waals surface area contributed by atoms with Crippen LogP contribution >= 0.6 is 34.4 Å². The number of hydrogen-bond acceptors (Lipinski definition) is 5. The van der Waals surface area contributed by atoms with Gasteiger partial charge in [-0.25, -0.2) is 0 Å². The molecular formula is C10H7IN2O3S. The summed E-state index contributed by atoms with van der Waals surface area (Å²) in [5.41, 5.74) is 0.820. The average molecular weight is 362 g/mol. The third-order valence-electron chi connectivity index (χ3n) is 1.82. The molecule has 2 rings (SSSR count). The van der Waals surface area contributed by atoms with E-state index >= 15 is 0 Å². The third-order valence-corrected chi connectivity index (χ3v) is 3.34. The van der Waals surface area contributed by atoms with Gasteiger partial charge in [0.25, 0.3) is 5.22 Å². The van der Waals surface area contributed by atoms with Crippen molar-refractivity contribution in [3.63, 3.8) is 0 Å². The van der Waals surface area contributed by atoms with Crippen LogP contribution in [0, 0.1) is 3.57 Å². The number of rotatable bonds is 4. The molecule has 17 heavy (non-hydrogen) atoms. The van der Waals surface area contributed by atoms with Crippen molar-refractivity contribution < 1.29 is 14.3 Å². The maximum atomic E-state index is 10.4. The summed E-state index contributed by atoms with van der Waals surface area (Å²) < 4.78 is 6.45. The molecule has 7 heteroatoms. The lowest BCUT2D eigenvalue weighted by molar-refractivity contribution is -0.133. The number of carboxylic acids is 1. The summed E-state index contributed by atoms with van der Waals surface area (Å²) in [5, 5.41) is 16.4. The van der Waals surface area contributed by atoms with E-state index in [9.17, 15) is 4.79 Å². The van der Waals surface area contributed by atoms with Crippen LogP contribution in [0.3, 0.4) is 0 Å². The molecule has 1 aromatic heterocycles. The number of thioether (sulfide) groups is 1. The van der Waals surface area contributed by atoms with Gasteiger partial charge in [-0.3, -0.25) is 4.79 Å². The smallest absolute Gasteiger partial charge is 0.314 e. The quantitative estimate of drug-likeness (QED) is 0.666. The lowest BCUT2D eigenvalue weighted by atomic mass is 10.2. The number of aliphatic carboxylic acids is 1. The Kier molecular flexibility index (Phi) is 4.00. The Bertz CT molecular complexity index is 527. The van der Waals surface area contributed by atoms with Crippen molar-refractivity contribution >= 4 is 40.3 Å². The monoisotopic (exact) mass is 362 g/mol. The van der Waals surface area contributed by atoms with Crippen LogP contribution in [-0.2, 0) is 4.79 Å². The zero-order chi connectivity index (χ0) is 12.3. The first-order valence-electron chi connectivity index (χ1n) is 4.59. The Hall–Kier alpha value is -1.09. The predicted octanol–water partition coefficient (Wildman–Crippen LogP) is 2.52. The fraction of sp³-hybridized carbons (Fsp3) is 0.100. The lowest BCUT2D eigenvalue weighted by Gasteiger charge is -1.94. The Morgan fingerprint density at radius 2 is 2.06 bits per heavy atom. The molecule has 0 unspecified atom stereocenters. The molecule has 2 aromatic rings. The second-order valence-electron chi connectivity index (χ2n) is 3.06. The topological polar surface area (TPSA) is 76.2 Å². The normalized spacial score (nSPS) is 10.4. The summed E-state index contributed by atoms with van der Waals surface area (Å²) >= 11 is 3.21. The molecule has 0 bridgehead atoms. The predicted molar refractivity (Wildman–Crippen MR) is 70.8 cm³/mol. The van der Waals surface area contributed by atoms with Crippen LogP contribution in [0.4, 0.5) is 0 Å². The van der Waals surface area contributed by atoms with Crippen molar-refractivity contribution in [2.75, 3.05) is 5.75 Å². The van der Waals surface area contributed by atoms with Gasteiger partial charge in [0.2, 0.25) is 5.89 Å². The lowest BCUT2D eigenvalue weighted by Crippen LogP contribution is -1.97. The fourth-order valence-corrected chi connectivity index (χ4v) is 1.94. The minimum Gasteiger partial charge on any atom is -0.481 e. The molecule has 0 aliphatic rings. The number of benzene rings is 1.